The van der Waals surface area contributed by atoms with Crippen LogP contribution in [0.1, 0.15) is 54.9 Å². The lowest BCUT2D eigenvalue weighted by Gasteiger charge is -2.29. The van der Waals surface area contributed by atoms with Gasteiger partial charge < -0.3 is 0 Å². The van der Waals surface area contributed by atoms with E-state index in [0.717, 1.165) is 41.4 Å². The summed E-state index contributed by atoms with van der Waals surface area (Å²) in [5, 5.41) is 4.85. The van der Waals surface area contributed by atoms with E-state index in [1.807, 2.05) is 22.9 Å². The van der Waals surface area contributed by atoms with Gasteiger partial charge in [0.25, 0.3) is 0 Å². The molecule has 0 amide bonds. The van der Waals surface area contributed by atoms with Gasteiger partial charge >= 0.3 is 0 Å². The Bertz CT molecular complexity index is 723. The molecule has 114 valence electrons. The highest BCUT2D eigenvalue weighted by atomic mass is 16.1. The van der Waals surface area contributed by atoms with Gasteiger partial charge in [0.05, 0.1) is 22.6 Å². The fourth-order valence-corrected chi connectivity index (χ4v) is 3.55. The van der Waals surface area contributed by atoms with Crippen LogP contribution in [0.2, 0.25) is 0 Å². The zero-order chi connectivity index (χ0) is 15.3. The first-order chi connectivity index (χ1) is 10.5. The first-order valence-corrected chi connectivity index (χ1v) is 8.23. The second-order valence-corrected chi connectivity index (χ2v) is 7.60. The minimum absolute atomic E-state index is 0.0213. The predicted molar refractivity (Wildman–Crippen MR) is 86.4 cm³/mol. The van der Waals surface area contributed by atoms with E-state index in [1.54, 1.807) is 0 Å². The Morgan fingerprint density at radius 3 is 2.59 bits per heavy atom. The Hall–Kier alpha value is -1.90. The summed E-state index contributed by atoms with van der Waals surface area (Å²) in [6.45, 7) is 4.35. The number of para-hydroxylation sites is 1. The number of ketones is 1. The monoisotopic (exact) mass is 294 g/mol. The Labute approximate surface area is 131 Å². The van der Waals surface area contributed by atoms with Crippen molar-refractivity contribution < 1.29 is 4.79 Å². The van der Waals surface area contributed by atoms with E-state index >= 15 is 0 Å². The molecule has 0 atom stereocenters. The number of carbonyl (C=O) groups is 1. The molecule has 0 N–H and O–H groups in total. The number of Topliss-reactive ketones (excluding diaryl/α,β-unsaturated/α-hetero) is 1. The molecule has 0 bridgehead atoms. The largest absolute Gasteiger partial charge is 0.294 e. The zero-order valence-corrected chi connectivity index (χ0v) is 13.3. The van der Waals surface area contributed by atoms with Crippen molar-refractivity contribution in [1.29, 1.82) is 0 Å². The molecule has 1 saturated carbocycles. The van der Waals surface area contributed by atoms with Gasteiger partial charge in [-0.1, -0.05) is 32.0 Å². The van der Waals surface area contributed by atoms with Gasteiger partial charge in [-0.3, -0.25) is 4.79 Å². The Kier molecular flexibility index (Phi) is 3.00. The third kappa shape index (κ3) is 2.39. The van der Waals surface area contributed by atoms with Gasteiger partial charge in [-0.25, -0.2) is 4.68 Å². The lowest BCUT2D eigenvalue weighted by atomic mass is 9.75. The fraction of sp³-hybridized carbons (Fsp3) is 0.474. The maximum atomic E-state index is 12.7. The number of nitrogens with zero attached hydrogens (tertiary/aromatic N) is 2. The van der Waals surface area contributed by atoms with Crippen molar-refractivity contribution in [3.8, 4) is 5.69 Å². The Morgan fingerprint density at radius 1 is 1.18 bits per heavy atom. The van der Waals surface area contributed by atoms with Crippen LogP contribution in [0.25, 0.3) is 5.69 Å². The average molecular weight is 294 g/mol. The highest BCUT2D eigenvalue weighted by molar-refractivity contribution is 6.00. The van der Waals surface area contributed by atoms with Gasteiger partial charge in [-0.15, -0.1) is 0 Å². The van der Waals surface area contributed by atoms with Gasteiger partial charge in [0.1, 0.15) is 0 Å². The van der Waals surface area contributed by atoms with E-state index in [0.29, 0.717) is 6.42 Å². The Morgan fingerprint density at radius 2 is 1.91 bits per heavy atom. The molecule has 1 aromatic heterocycles. The van der Waals surface area contributed by atoms with Gasteiger partial charge in [0.2, 0.25) is 0 Å². The molecule has 1 fully saturated rings. The number of benzene rings is 1. The SMILES string of the molecule is CC1(C)CC(=O)c2c(CC3CC3)nn(-c3ccccc3)c2C1. The van der Waals surface area contributed by atoms with Crippen LogP contribution < -0.4 is 0 Å². The van der Waals surface area contributed by atoms with Crippen molar-refractivity contribution in [2.45, 2.75) is 46.0 Å². The lowest BCUT2D eigenvalue weighted by Crippen LogP contribution is -2.28. The van der Waals surface area contributed by atoms with E-state index in [1.165, 1.54) is 12.8 Å². The van der Waals surface area contributed by atoms with E-state index in [-0.39, 0.29) is 11.2 Å². The smallest absolute Gasteiger partial charge is 0.167 e. The second kappa shape index (κ2) is 4.80. The molecule has 0 aliphatic heterocycles. The van der Waals surface area contributed by atoms with Crippen LogP contribution in [-0.4, -0.2) is 15.6 Å². The summed E-state index contributed by atoms with van der Waals surface area (Å²) in [6, 6.07) is 10.2. The van der Waals surface area contributed by atoms with Crippen LogP contribution >= 0.6 is 0 Å². The van der Waals surface area contributed by atoms with E-state index in [2.05, 4.69) is 26.0 Å². The van der Waals surface area contributed by atoms with Gasteiger partial charge in [-0.2, -0.15) is 5.10 Å². The van der Waals surface area contributed by atoms with Crippen molar-refractivity contribution in [2.24, 2.45) is 11.3 Å². The summed E-state index contributed by atoms with van der Waals surface area (Å²) >= 11 is 0. The van der Waals surface area contributed by atoms with E-state index < -0.39 is 0 Å². The maximum Gasteiger partial charge on any atom is 0.167 e. The quantitative estimate of drug-likeness (QED) is 0.858. The molecular weight excluding hydrogens is 272 g/mol. The molecule has 1 aromatic carbocycles. The molecular formula is C19H22N2O. The first kappa shape index (κ1) is 13.7. The molecule has 0 spiro atoms. The summed E-state index contributed by atoms with van der Waals surface area (Å²) in [5.41, 5.74) is 4.15. The highest BCUT2D eigenvalue weighted by Gasteiger charge is 2.37. The topological polar surface area (TPSA) is 34.9 Å². The summed E-state index contributed by atoms with van der Waals surface area (Å²) in [5.74, 6) is 1.02. The van der Waals surface area contributed by atoms with Crippen LogP contribution in [0.3, 0.4) is 0 Å². The minimum Gasteiger partial charge on any atom is -0.294 e. The lowest BCUT2D eigenvalue weighted by molar-refractivity contribution is 0.0910. The van der Waals surface area contributed by atoms with Crippen molar-refractivity contribution in [3.05, 3.63) is 47.3 Å². The molecule has 0 unspecified atom stereocenters. The van der Waals surface area contributed by atoms with Crippen molar-refractivity contribution in [2.75, 3.05) is 0 Å². The van der Waals surface area contributed by atoms with Crippen molar-refractivity contribution in [3.63, 3.8) is 0 Å². The number of hydrogen-bond acceptors (Lipinski definition) is 2. The molecule has 2 aliphatic rings. The zero-order valence-electron chi connectivity index (χ0n) is 13.3. The molecule has 3 nitrogen and oxygen atoms in total. The molecule has 1 heterocycles. The normalized spacial score (nSPS) is 20.0. The fourth-order valence-electron chi connectivity index (χ4n) is 3.55. The number of hydrogen-bond donors (Lipinski definition) is 0. The summed E-state index contributed by atoms with van der Waals surface area (Å²) in [7, 11) is 0. The minimum atomic E-state index is 0.0213. The number of rotatable bonds is 3. The standard InChI is InChI=1S/C19H22N2O/c1-19(2)11-16-18(17(22)12-19)15(10-13-8-9-13)20-21(16)14-6-4-3-5-7-14/h3-7,13H,8-12H2,1-2H3. The van der Waals surface area contributed by atoms with Crippen molar-refractivity contribution >= 4 is 5.78 Å². The molecule has 0 radical (unpaired) electrons. The highest BCUT2D eigenvalue weighted by Crippen LogP contribution is 2.40. The Balaban J connectivity index is 1.86. The molecule has 2 aliphatic carbocycles. The first-order valence-electron chi connectivity index (χ1n) is 8.23. The second-order valence-electron chi connectivity index (χ2n) is 7.60. The van der Waals surface area contributed by atoms with Gasteiger partial charge in [-0.05, 0) is 49.1 Å². The number of carbonyl (C=O) groups excluding carboxylic acids is 1. The van der Waals surface area contributed by atoms with Crippen LogP contribution in [0.4, 0.5) is 0 Å². The number of aromatic nitrogens is 2. The molecule has 2 aromatic rings. The van der Waals surface area contributed by atoms with Crippen LogP contribution in [0.5, 0.6) is 0 Å². The number of fused-ring (bicyclic) bond motifs is 1. The van der Waals surface area contributed by atoms with E-state index in [4.69, 9.17) is 5.10 Å². The third-order valence-electron chi connectivity index (χ3n) is 4.80. The summed E-state index contributed by atoms with van der Waals surface area (Å²) in [4.78, 5) is 12.7. The van der Waals surface area contributed by atoms with Crippen LogP contribution in [-0.2, 0) is 12.8 Å². The summed E-state index contributed by atoms with van der Waals surface area (Å²) < 4.78 is 2.02. The van der Waals surface area contributed by atoms with Gasteiger partial charge in [0, 0.05) is 6.42 Å². The van der Waals surface area contributed by atoms with Crippen LogP contribution in [0.15, 0.2) is 30.3 Å². The molecule has 22 heavy (non-hydrogen) atoms. The maximum absolute atomic E-state index is 12.7. The predicted octanol–water partition coefficient (Wildman–Crippen LogP) is 3.98. The summed E-state index contributed by atoms with van der Waals surface area (Å²) in [6.07, 6.45) is 5.09. The molecule has 4 rings (SSSR count). The van der Waals surface area contributed by atoms with Crippen molar-refractivity contribution in [1.82, 2.24) is 9.78 Å². The van der Waals surface area contributed by atoms with Gasteiger partial charge in [0.15, 0.2) is 5.78 Å². The third-order valence-corrected chi connectivity index (χ3v) is 4.80. The average Bonchev–Trinajstić information content (AvgIpc) is 3.20. The molecule has 3 heteroatoms. The molecule has 0 saturated heterocycles. The van der Waals surface area contributed by atoms with Crippen LogP contribution in [0, 0.1) is 11.3 Å². The van der Waals surface area contributed by atoms with E-state index in [9.17, 15) is 4.79 Å².